The molecule has 0 saturated carbocycles. The van der Waals surface area contributed by atoms with Crippen molar-refractivity contribution in [2.45, 2.75) is 13.0 Å². The minimum Gasteiger partial charge on any atom is -0.466 e. The van der Waals surface area contributed by atoms with Crippen molar-refractivity contribution < 1.29 is 19.4 Å². The van der Waals surface area contributed by atoms with Crippen molar-refractivity contribution in [3.63, 3.8) is 0 Å². The lowest BCUT2D eigenvalue weighted by Crippen LogP contribution is -2.20. The van der Waals surface area contributed by atoms with Crippen LogP contribution in [-0.2, 0) is 9.53 Å². The molecule has 128 valence electrons. The molecular formula is C18H17N3O4. The third-order valence-corrected chi connectivity index (χ3v) is 3.79. The highest BCUT2D eigenvalue weighted by Crippen LogP contribution is 2.30. The number of hydrogen-bond acceptors (Lipinski definition) is 5. The molecule has 1 unspecified atom stereocenters. The number of H-pyrrole nitrogens is 1. The average molecular weight is 339 g/mol. The Balaban J connectivity index is 2.06. The summed E-state index contributed by atoms with van der Waals surface area (Å²) < 4.78 is 4.45. The number of benzene rings is 1. The van der Waals surface area contributed by atoms with Gasteiger partial charge in [-0.1, -0.05) is 18.2 Å². The van der Waals surface area contributed by atoms with E-state index in [1.807, 2.05) is 24.3 Å². The molecule has 0 spiro atoms. The molecule has 1 aromatic carbocycles. The largest absolute Gasteiger partial charge is 0.466 e. The van der Waals surface area contributed by atoms with Gasteiger partial charge in [-0.2, -0.15) is 0 Å². The number of aliphatic hydroxyl groups is 1. The normalized spacial score (nSPS) is 12.6. The van der Waals surface area contributed by atoms with Gasteiger partial charge in [0.1, 0.15) is 5.69 Å². The van der Waals surface area contributed by atoms with E-state index >= 15 is 0 Å². The van der Waals surface area contributed by atoms with Crippen LogP contribution in [0.3, 0.4) is 0 Å². The molecule has 0 saturated heterocycles. The van der Waals surface area contributed by atoms with Crippen molar-refractivity contribution in [2.75, 3.05) is 7.11 Å². The van der Waals surface area contributed by atoms with Crippen molar-refractivity contribution in [1.82, 2.24) is 15.3 Å². The van der Waals surface area contributed by atoms with Crippen LogP contribution >= 0.6 is 0 Å². The van der Waals surface area contributed by atoms with Crippen LogP contribution in [0.1, 0.15) is 29.2 Å². The van der Waals surface area contributed by atoms with E-state index in [0.717, 1.165) is 22.4 Å². The number of para-hydroxylation sites is 1. The maximum Gasteiger partial charge on any atom is 0.331 e. The molecule has 0 aliphatic rings. The van der Waals surface area contributed by atoms with E-state index in [2.05, 4.69) is 20.0 Å². The number of nitrogens with zero attached hydrogens (tertiary/aromatic N) is 1. The number of aromatic amines is 1. The van der Waals surface area contributed by atoms with Gasteiger partial charge < -0.3 is 20.1 Å². The molecule has 3 N–H and O–H groups in total. The highest BCUT2D eigenvalue weighted by molar-refractivity contribution is 6.10. The lowest BCUT2D eigenvalue weighted by atomic mass is 10.1. The van der Waals surface area contributed by atoms with Gasteiger partial charge in [0.2, 0.25) is 0 Å². The molecule has 7 nitrogen and oxygen atoms in total. The maximum atomic E-state index is 12.3. The Kier molecular flexibility index (Phi) is 4.49. The molecular weight excluding hydrogens is 322 g/mol. The molecule has 1 atom stereocenters. The minimum atomic E-state index is -0.853. The highest BCUT2D eigenvalue weighted by Gasteiger charge is 2.17. The Morgan fingerprint density at radius 2 is 2.08 bits per heavy atom. The van der Waals surface area contributed by atoms with E-state index in [4.69, 9.17) is 0 Å². The molecule has 2 heterocycles. The van der Waals surface area contributed by atoms with Crippen molar-refractivity contribution in [3.8, 4) is 0 Å². The van der Waals surface area contributed by atoms with Crippen molar-refractivity contribution in [1.29, 1.82) is 0 Å². The molecule has 0 aliphatic carbocycles. The fourth-order valence-corrected chi connectivity index (χ4v) is 2.62. The van der Waals surface area contributed by atoms with E-state index in [1.54, 1.807) is 13.0 Å². The number of nitrogens with one attached hydrogen (secondary N) is 2. The number of methoxy groups -OCH3 is 1. The number of carbonyl (C=O) groups excluding carboxylic acids is 2. The maximum absolute atomic E-state index is 12.3. The summed E-state index contributed by atoms with van der Waals surface area (Å²) >= 11 is 0. The third-order valence-electron chi connectivity index (χ3n) is 3.79. The van der Waals surface area contributed by atoms with Crippen LogP contribution in [0.4, 0.5) is 0 Å². The van der Waals surface area contributed by atoms with Gasteiger partial charge in [0, 0.05) is 28.6 Å². The number of aliphatic hydroxyl groups excluding tert-OH is 1. The minimum absolute atomic E-state index is 0.141. The van der Waals surface area contributed by atoms with Gasteiger partial charge in [0.05, 0.1) is 24.4 Å². The second-order valence-corrected chi connectivity index (χ2v) is 5.49. The van der Waals surface area contributed by atoms with Crippen LogP contribution in [-0.4, -0.2) is 34.1 Å². The molecule has 3 aromatic rings. The molecule has 7 heteroatoms. The van der Waals surface area contributed by atoms with Crippen LogP contribution in [0.2, 0.25) is 0 Å². The monoisotopic (exact) mass is 339 g/mol. The topological polar surface area (TPSA) is 104 Å². The summed E-state index contributed by atoms with van der Waals surface area (Å²) in [7, 11) is 1.25. The Hall–Kier alpha value is -3.19. The predicted octanol–water partition coefficient (Wildman–Crippen LogP) is 2.19. The number of aromatic nitrogens is 2. The summed E-state index contributed by atoms with van der Waals surface area (Å²) in [5, 5.41) is 14.2. The first-order chi connectivity index (χ1) is 12.0. The number of fused-ring (bicyclic) bond motifs is 3. The smallest absolute Gasteiger partial charge is 0.331 e. The molecule has 0 fully saturated rings. The van der Waals surface area contributed by atoms with Gasteiger partial charge >= 0.3 is 5.97 Å². The fraction of sp³-hybridized carbons (Fsp3) is 0.167. The number of hydrogen-bond donors (Lipinski definition) is 3. The van der Waals surface area contributed by atoms with Crippen molar-refractivity contribution in [3.05, 3.63) is 54.0 Å². The zero-order valence-electron chi connectivity index (χ0n) is 13.7. The number of esters is 1. The summed E-state index contributed by atoms with van der Waals surface area (Å²) in [6.07, 6.45) is 1.43. The van der Waals surface area contributed by atoms with Crippen LogP contribution in [0.5, 0.6) is 0 Å². The van der Waals surface area contributed by atoms with Crippen molar-refractivity contribution in [2.24, 2.45) is 0 Å². The molecule has 0 aliphatic heterocycles. The molecule has 0 radical (unpaired) electrons. The average Bonchev–Trinajstić information content (AvgIpc) is 2.99. The van der Waals surface area contributed by atoms with E-state index in [0.29, 0.717) is 11.2 Å². The second-order valence-electron chi connectivity index (χ2n) is 5.49. The van der Waals surface area contributed by atoms with Gasteiger partial charge in [0.25, 0.3) is 5.91 Å². The lowest BCUT2D eigenvalue weighted by Gasteiger charge is -2.08. The molecule has 2 aromatic heterocycles. The van der Waals surface area contributed by atoms with Crippen LogP contribution < -0.4 is 5.32 Å². The summed E-state index contributed by atoms with van der Waals surface area (Å²) in [4.78, 5) is 30.9. The molecule has 0 bridgehead atoms. The van der Waals surface area contributed by atoms with E-state index in [9.17, 15) is 14.7 Å². The number of carbonyl (C=O) groups is 2. The third kappa shape index (κ3) is 3.22. The predicted molar refractivity (Wildman–Crippen MR) is 92.9 cm³/mol. The van der Waals surface area contributed by atoms with Gasteiger partial charge in [0.15, 0.2) is 0 Å². The Bertz CT molecular complexity index is 989. The van der Waals surface area contributed by atoms with Gasteiger partial charge in [-0.05, 0) is 19.1 Å². The zero-order valence-corrected chi connectivity index (χ0v) is 13.7. The number of rotatable bonds is 4. The number of ether oxygens (including phenoxy) is 1. The summed E-state index contributed by atoms with van der Waals surface area (Å²) in [5.41, 5.74) is 2.11. The first-order valence-electron chi connectivity index (χ1n) is 7.66. The van der Waals surface area contributed by atoms with Crippen LogP contribution in [0.15, 0.2) is 42.6 Å². The van der Waals surface area contributed by atoms with Crippen LogP contribution in [0, 0.1) is 0 Å². The number of amides is 1. The fourth-order valence-electron chi connectivity index (χ4n) is 2.62. The Morgan fingerprint density at radius 1 is 1.32 bits per heavy atom. The molecule has 1 amide bonds. The quantitative estimate of drug-likeness (QED) is 0.499. The lowest BCUT2D eigenvalue weighted by molar-refractivity contribution is -0.134. The van der Waals surface area contributed by atoms with E-state index in [-0.39, 0.29) is 5.69 Å². The molecule has 3 rings (SSSR count). The molecule has 25 heavy (non-hydrogen) atoms. The van der Waals surface area contributed by atoms with Crippen LogP contribution in [0.25, 0.3) is 21.8 Å². The van der Waals surface area contributed by atoms with E-state index in [1.165, 1.54) is 13.3 Å². The number of pyridine rings is 1. The Morgan fingerprint density at radius 3 is 2.80 bits per heavy atom. The standard InChI is InChI=1S/C18H17N3O4/c1-10(22)16-17-12(11-5-3-4-6-13(11)20-17)9-14(21-16)18(24)19-8-7-15(23)25-2/h3-10,20,22H,1-2H3,(H,19,24). The summed E-state index contributed by atoms with van der Waals surface area (Å²) in [6.45, 7) is 1.59. The first-order valence-corrected chi connectivity index (χ1v) is 7.66. The first kappa shape index (κ1) is 16.7. The van der Waals surface area contributed by atoms with Gasteiger partial charge in [-0.15, -0.1) is 0 Å². The van der Waals surface area contributed by atoms with Gasteiger partial charge in [-0.25, -0.2) is 9.78 Å². The summed E-state index contributed by atoms with van der Waals surface area (Å²) in [6, 6.07) is 9.30. The van der Waals surface area contributed by atoms with E-state index < -0.39 is 18.0 Å². The second kappa shape index (κ2) is 6.74. The van der Waals surface area contributed by atoms with Crippen molar-refractivity contribution >= 4 is 33.7 Å². The van der Waals surface area contributed by atoms with Gasteiger partial charge in [-0.3, -0.25) is 4.79 Å². The zero-order chi connectivity index (χ0) is 18.0. The SMILES string of the molecule is COC(=O)C=CNC(=O)c1cc2c([nH]c3ccccc32)c(C(C)O)n1. The highest BCUT2D eigenvalue weighted by atomic mass is 16.5. The summed E-state index contributed by atoms with van der Waals surface area (Å²) in [5.74, 6) is -1.07. The Labute approximate surface area is 143 Å².